The van der Waals surface area contributed by atoms with Gasteiger partial charge < -0.3 is 5.73 Å². The van der Waals surface area contributed by atoms with Crippen LogP contribution in [0.4, 0.5) is 10.3 Å². The molecule has 1 aromatic carbocycles. The molecule has 3 nitrogen and oxygen atoms in total. The zero-order valence-electron chi connectivity index (χ0n) is 7.11. The molecule has 5 heteroatoms. The zero-order chi connectivity index (χ0) is 10.1. The number of hydrogen-bond donors (Lipinski definition) is 1. The molecule has 72 valence electrons. The highest BCUT2D eigenvalue weighted by Crippen LogP contribution is 2.20. The average Bonchev–Trinajstić information content (AvgIpc) is 2.57. The molecule has 0 spiro atoms. The van der Waals surface area contributed by atoms with Crippen LogP contribution in [0.3, 0.4) is 0 Å². The summed E-state index contributed by atoms with van der Waals surface area (Å²) >= 11 is 3.11. The highest BCUT2D eigenvalue weighted by molar-refractivity contribution is 9.10. The van der Waals surface area contributed by atoms with E-state index in [9.17, 15) is 4.39 Å². The van der Waals surface area contributed by atoms with Crippen molar-refractivity contribution in [2.75, 3.05) is 5.73 Å². The predicted molar refractivity (Wildman–Crippen MR) is 55.6 cm³/mol. The lowest BCUT2D eigenvalue weighted by Gasteiger charge is -2.04. The minimum absolute atomic E-state index is 0.299. The fraction of sp³-hybridized carbons (Fsp3) is 0. The van der Waals surface area contributed by atoms with Crippen LogP contribution in [0.15, 0.2) is 35.1 Å². The van der Waals surface area contributed by atoms with Gasteiger partial charge in [-0.2, -0.15) is 0 Å². The van der Waals surface area contributed by atoms with Crippen molar-refractivity contribution in [1.82, 2.24) is 9.55 Å². The average molecular weight is 256 g/mol. The van der Waals surface area contributed by atoms with E-state index in [1.807, 2.05) is 0 Å². The SMILES string of the molecule is Nc1nccn1-c1ccc(F)c(Br)c1. The third kappa shape index (κ3) is 1.50. The first-order valence-corrected chi connectivity index (χ1v) is 4.72. The first-order chi connectivity index (χ1) is 6.68. The Morgan fingerprint density at radius 2 is 2.21 bits per heavy atom. The van der Waals surface area contributed by atoms with E-state index in [-0.39, 0.29) is 5.82 Å². The molecule has 2 aromatic rings. The van der Waals surface area contributed by atoms with Crippen molar-refractivity contribution >= 4 is 21.9 Å². The molecule has 2 N–H and O–H groups in total. The van der Waals surface area contributed by atoms with Crippen molar-refractivity contribution in [1.29, 1.82) is 0 Å². The first kappa shape index (κ1) is 9.21. The number of rotatable bonds is 1. The van der Waals surface area contributed by atoms with E-state index in [4.69, 9.17) is 5.73 Å². The Kier molecular flexibility index (Phi) is 2.25. The van der Waals surface area contributed by atoms with Gasteiger partial charge in [0.25, 0.3) is 0 Å². The van der Waals surface area contributed by atoms with Crippen LogP contribution < -0.4 is 5.73 Å². The second kappa shape index (κ2) is 3.42. The molecule has 14 heavy (non-hydrogen) atoms. The van der Waals surface area contributed by atoms with Crippen LogP contribution in [0.25, 0.3) is 5.69 Å². The molecule has 0 atom stereocenters. The Balaban J connectivity index is 2.53. The van der Waals surface area contributed by atoms with Gasteiger partial charge in [0.2, 0.25) is 5.95 Å². The van der Waals surface area contributed by atoms with Crippen LogP contribution in [-0.4, -0.2) is 9.55 Å². The number of aromatic nitrogens is 2. The van der Waals surface area contributed by atoms with Gasteiger partial charge in [-0.05, 0) is 34.1 Å². The van der Waals surface area contributed by atoms with Crippen molar-refractivity contribution in [2.45, 2.75) is 0 Å². The van der Waals surface area contributed by atoms with E-state index in [0.717, 1.165) is 5.69 Å². The fourth-order valence-corrected chi connectivity index (χ4v) is 1.53. The van der Waals surface area contributed by atoms with E-state index in [0.29, 0.717) is 10.4 Å². The van der Waals surface area contributed by atoms with Gasteiger partial charge in [0.05, 0.1) is 4.47 Å². The van der Waals surface area contributed by atoms with Crippen molar-refractivity contribution in [3.05, 3.63) is 40.9 Å². The molecule has 1 heterocycles. The number of nitrogens with zero attached hydrogens (tertiary/aromatic N) is 2. The Morgan fingerprint density at radius 1 is 1.43 bits per heavy atom. The highest BCUT2D eigenvalue weighted by Gasteiger charge is 2.04. The van der Waals surface area contributed by atoms with Crippen LogP contribution in [-0.2, 0) is 0 Å². The molecule has 0 radical (unpaired) electrons. The van der Waals surface area contributed by atoms with Crippen LogP contribution in [0.2, 0.25) is 0 Å². The summed E-state index contributed by atoms with van der Waals surface area (Å²) in [6, 6.07) is 4.66. The molecule has 0 fully saturated rings. The fourth-order valence-electron chi connectivity index (χ4n) is 1.17. The van der Waals surface area contributed by atoms with E-state index in [1.54, 1.807) is 29.1 Å². The zero-order valence-corrected chi connectivity index (χ0v) is 8.70. The second-order valence-corrected chi connectivity index (χ2v) is 3.61. The van der Waals surface area contributed by atoms with Gasteiger partial charge in [0.15, 0.2) is 0 Å². The van der Waals surface area contributed by atoms with Crippen LogP contribution in [0.1, 0.15) is 0 Å². The number of imidazole rings is 1. The maximum absolute atomic E-state index is 12.9. The number of nitrogen functional groups attached to an aromatic ring is 1. The van der Waals surface area contributed by atoms with E-state index < -0.39 is 0 Å². The van der Waals surface area contributed by atoms with Crippen molar-refractivity contribution in [3.8, 4) is 5.69 Å². The third-order valence-corrected chi connectivity index (χ3v) is 2.46. The molecule has 0 aliphatic carbocycles. The van der Waals surface area contributed by atoms with E-state index in [2.05, 4.69) is 20.9 Å². The monoisotopic (exact) mass is 255 g/mol. The topological polar surface area (TPSA) is 43.8 Å². The predicted octanol–water partition coefficient (Wildman–Crippen LogP) is 2.36. The summed E-state index contributed by atoms with van der Waals surface area (Å²) in [5, 5.41) is 0. The van der Waals surface area contributed by atoms with Crippen LogP contribution in [0, 0.1) is 5.82 Å². The largest absolute Gasteiger partial charge is 0.369 e. The Hall–Kier alpha value is -1.36. The third-order valence-electron chi connectivity index (χ3n) is 1.85. The first-order valence-electron chi connectivity index (χ1n) is 3.93. The molecule has 0 saturated heterocycles. The van der Waals surface area contributed by atoms with Gasteiger partial charge in [-0.25, -0.2) is 9.37 Å². The minimum atomic E-state index is -0.299. The standard InChI is InChI=1S/C9H7BrFN3/c10-7-5-6(1-2-8(7)11)14-4-3-13-9(14)12/h1-5H,(H2,12,13). The van der Waals surface area contributed by atoms with Crippen LogP contribution in [0.5, 0.6) is 0 Å². The van der Waals surface area contributed by atoms with Gasteiger partial charge in [-0.15, -0.1) is 0 Å². The summed E-state index contributed by atoms with van der Waals surface area (Å²) in [7, 11) is 0. The van der Waals surface area contributed by atoms with Crippen molar-refractivity contribution in [3.63, 3.8) is 0 Å². The number of benzene rings is 1. The van der Waals surface area contributed by atoms with Gasteiger partial charge in [0, 0.05) is 18.1 Å². The van der Waals surface area contributed by atoms with Gasteiger partial charge in [-0.3, -0.25) is 4.57 Å². The van der Waals surface area contributed by atoms with Crippen LogP contribution >= 0.6 is 15.9 Å². The molecule has 0 amide bonds. The molecule has 0 saturated carbocycles. The number of halogens is 2. The van der Waals surface area contributed by atoms with Crippen molar-refractivity contribution in [2.24, 2.45) is 0 Å². The lowest BCUT2D eigenvalue weighted by molar-refractivity contribution is 0.620. The molecule has 0 aliphatic rings. The Bertz CT molecular complexity index is 467. The maximum atomic E-state index is 12.9. The molecule has 0 bridgehead atoms. The molecule has 0 aliphatic heterocycles. The summed E-state index contributed by atoms with van der Waals surface area (Å²) in [6.45, 7) is 0. The lowest BCUT2D eigenvalue weighted by atomic mass is 10.3. The number of hydrogen-bond acceptors (Lipinski definition) is 2. The minimum Gasteiger partial charge on any atom is -0.369 e. The Morgan fingerprint density at radius 3 is 2.79 bits per heavy atom. The summed E-state index contributed by atoms with van der Waals surface area (Å²) in [4.78, 5) is 3.88. The van der Waals surface area contributed by atoms with Gasteiger partial charge >= 0.3 is 0 Å². The van der Waals surface area contributed by atoms with E-state index >= 15 is 0 Å². The highest BCUT2D eigenvalue weighted by atomic mass is 79.9. The molecule has 0 unspecified atom stereocenters. The van der Waals surface area contributed by atoms with Gasteiger partial charge in [0.1, 0.15) is 5.82 Å². The smallest absolute Gasteiger partial charge is 0.204 e. The number of anilines is 1. The molecule has 1 aromatic heterocycles. The molecule has 2 rings (SSSR count). The summed E-state index contributed by atoms with van der Waals surface area (Å²) in [5.41, 5.74) is 6.38. The molecular formula is C9H7BrFN3. The quantitative estimate of drug-likeness (QED) is 0.851. The summed E-state index contributed by atoms with van der Waals surface area (Å²) < 4.78 is 15.0. The summed E-state index contributed by atoms with van der Waals surface area (Å²) in [6.07, 6.45) is 3.31. The number of nitrogens with two attached hydrogens (primary N) is 1. The Labute approximate surface area is 88.5 Å². The molecular weight excluding hydrogens is 249 g/mol. The van der Waals surface area contributed by atoms with Gasteiger partial charge in [-0.1, -0.05) is 0 Å². The van der Waals surface area contributed by atoms with E-state index in [1.165, 1.54) is 6.07 Å². The second-order valence-electron chi connectivity index (χ2n) is 2.75. The summed E-state index contributed by atoms with van der Waals surface area (Å²) in [5.74, 6) is 0.0796. The lowest BCUT2D eigenvalue weighted by Crippen LogP contribution is -1.99. The maximum Gasteiger partial charge on any atom is 0.204 e. The normalized spacial score (nSPS) is 10.4. The van der Waals surface area contributed by atoms with Crippen molar-refractivity contribution < 1.29 is 4.39 Å².